The molecule has 0 saturated carbocycles. The lowest BCUT2D eigenvalue weighted by atomic mass is 9.78. The van der Waals surface area contributed by atoms with E-state index in [2.05, 4.69) is 159 Å². The zero-order chi connectivity index (χ0) is 47.4. The largest absolute Gasteiger partial charge is 0.503 e. The molecular formula is C56H57N5O+2. The van der Waals surface area contributed by atoms with Gasteiger partial charge in [0.05, 0.1) is 28.8 Å². The molecule has 0 fully saturated rings. The van der Waals surface area contributed by atoms with Crippen LogP contribution in [0.3, 0.4) is 0 Å². The number of nitrogens with zero attached hydrogens (tertiary/aromatic N) is 5. The molecule has 0 atom stereocenters. The highest BCUT2D eigenvalue weighted by molar-refractivity contribution is 6.09. The number of para-hydroxylation sites is 3. The smallest absolute Gasteiger partial charge is 0.457 e. The van der Waals surface area contributed by atoms with Gasteiger partial charge in [-0.15, -0.1) is 0 Å². The molecule has 5 aromatic carbocycles. The number of hydrogen-bond acceptors (Lipinski definition) is 3. The molecule has 6 heteroatoms. The molecule has 0 unspecified atom stereocenters. The van der Waals surface area contributed by atoms with E-state index in [1.807, 2.05) is 47.4 Å². The molecule has 0 radical (unpaired) electrons. The lowest BCUT2D eigenvalue weighted by molar-refractivity contribution is 0.483. The number of hydrogen-bond donors (Lipinski definition) is 0. The Morgan fingerprint density at radius 1 is 0.645 bits per heavy atom. The maximum absolute atomic E-state index is 9.46. The predicted octanol–water partition coefficient (Wildman–Crippen LogP) is 14.7. The first-order valence-electron chi connectivity index (χ1n) is 23.4. The van der Waals surface area contributed by atoms with Gasteiger partial charge in [0.1, 0.15) is 17.3 Å². The van der Waals surface area contributed by atoms with Crippen molar-refractivity contribution in [2.24, 2.45) is 0 Å². The van der Waals surface area contributed by atoms with Crippen LogP contribution in [0, 0.1) is 20.8 Å². The molecule has 1 aliphatic rings. The lowest BCUT2D eigenvalue weighted by Crippen LogP contribution is -2.21. The Kier molecular flexibility index (Phi) is 8.60. The molecule has 1 aliphatic heterocycles. The number of aromatic nitrogens is 3. The minimum Gasteiger partial charge on any atom is -0.457 e. The molecule has 0 bridgehead atoms. The maximum atomic E-state index is 9.46. The third kappa shape index (κ3) is 7.22. The Balaban J connectivity index is 1.32. The first-order valence-corrected chi connectivity index (χ1v) is 21.4. The van der Waals surface area contributed by atoms with E-state index >= 15 is 0 Å². The fraction of sp³-hybridized carbons (Fsp3) is 0.268. The van der Waals surface area contributed by atoms with Crippen molar-refractivity contribution in [1.29, 1.82) is 0 Å². The van der Waals surface area contributed by atoms with E-state index in [0.29, 0.717) is 28.6 Å². The number of benzene rings is 5. The zero-order valence-electron chi connectivity index (χ0n) is 42.0. The second-order valence-electron chi connectivity index (χ2n) is 19.8. The second-order valence-corrected chi connectivity index (χ2v) is 19.8. The van der Waals surface area contributed by atoms with Crippen LogP contribution < -0.4 is 13.9 Å². The number of ether oxygens (including phenoxy) is 1. The molecule has 9 rings (SSSR count). The van der Waals surface area contributed by atoms with Gasteiger partial charge in [0.2, 0.25) is 11.4 Å². The highest BCUT2D eigenvalue weighted by Gasteiger charge is 2.42. The van der Waals surface area contributed by atoms with Gasteiger partial charge in [-0.3, -0.25) is 9.55 Å². The highest BCUT2D eigenvalue weighted by atomic mass is 16.5. The lowest BCUT2D eigenvalue weighted by Gasteiger charge is -2.25. The zero-order valence-corrected chi connectivity index (χ0v) is 38.0. The Labute approximate surface area is 372 Å². The summed E-state index contributed by atoms with van der Waals surface area (Å²) in [7, 11) is 0. The molecule has 0 spiro atoms. The van der Waals surface area contributed by atoms with E-state index in [0.717, 1.165) is 72.3 Å². The van der Waals surface area contributed by atoms with Crippen LogP contribution in [0.5, 0.6) is 11.5 Å². The minimum atomic E-state index is -0.313. The SMILES string of the molecule is [2H]c1c([2H])c([2H])c2c(c1[2H])[N+](c1cc(Oc3ccc4c5ccncc5n(-c5cc(C(C)(C)C)ccn5)c4c3)cc(-c3c(C)cc(C)cc3C)c1)=C=[N+]2c1c(C(C)(C)C)cccc1C(C)(C)C. The summed E-state index contributed by atoms with van der Waals surface area (Å²) in [5.74, 6) is 1.95. The number of pyridine rings is 2. The summed E-state index contributed by atoms with van der Waals surface area (Å²) in [5, 5.41) is 2.10. The van der Waals surface area contributed by atoms with Gasteiger partial charge in [0.25, 0.3) is 11.4 Å². The van der Waals surface area contributed by atoms with E-state index in [4.69, 9.17) is 12.5 Å². The van der Waals surface area contributed by atoms with Crippen molar-refractivity contribution in [2.45, 2.75) is 99.3 Å². The summed E-state index contributed by atoms with van der Waals surface area (Å²) in [5.41, 5.74) is 11.9. The van der Waals surface area contributed by atoms with Crippen LogP contribution in [-0.4, -0.2) is 20.5 Å². The Morgan fingerprint density at radius 2 is 1.31 bits per heavy atom. The van der Waals surface area contributed by atoms with Crippen LogP contribution in [0.4, 0.5) is 22.7 Å². The molecule has 8 aromatic rings. The van der Waals surface area contributed by atoms with Gasteiger partial charge in [-0.2, -0.15) is 0 Å². The van der Waals surface area contributed by atoms with E-state index in [1.54, 1.807) is 4.58 Å². The Morgan fingerprint density at radius 3 is 1.97 bits per heavy atom. The molecule has 0 saturated heterocycles. The average Bonchev–Trinajstić information content (AvgIpc) is 3.80. The minimum absolute atomic E-state index is 0.0822. The summed E-state index contributed by atoms with van der Waals surface area (Å²) < 4.78 is 49.5. The summed E-state index contributed by atoms with van der Waals surface area (Å²) in [6, 6.07) is 31.8. The quantitative estimate of drug-likeness (QED) is 0.157. The van der Waals surface area contributed by atoms with Gasteiger partial charge in [-0.1, -0.05) is 110 Å². The predicted molar refractivity (Wildman–Crippen MR) is 259 cm³/mol. The van der Waals surface area contributed by atoms with Gasteiger partial charge in [0.15, 0.2) is 0 Å². The van der Waals surface area contributed by atoms with Crippen molar-refractivity contribution < 1.29 is 10.2 Å². The van der Waals surface area contributed by atoms with Gasteiger partial charge in [-0.05, 0) is 110 Å². The van der Waals surface area contributed by atoms with Crippen molar-refractivity contribution in [2.75, 3.05) is 0 Å². The van der Waals surface area contributed by atoms with Gasteiger partial charge >= 0.3 is 6.01 Å². The second kappa shape index (κ2) is 14.8. The number of aryl methyl sites for hydroxylation is 3. The third-order valence-electron chi connectivity index (χ3n) is 11.9. The Bertz CT molecular complexity index is 3350. The van der Waals surface area contributed by atoms with Crippen molar-refractivity contribution in [3.05, 3.63) is 161 Å². The highest BCUT2D eigenvalue weighted by Crippen LogP contribution is 2.46. The molecule has 0 N–H and O–H groups in total. The topological polar surface area (TPSA) is 46.0 Å². The molecule has 0 aliphatic carbocycles. The third-order valence-corrected chi connectivity index (χ3v) is 11.9. The van der Waals surface area contributed by atoms with Crippen LogP contribution in [-0.2, 0) is 16.2 Å². The van der Waals surface area contributed by atoms with Crippen LogP contribution in [0.1, 0.15) is 101 Å². The van der Waals surface area contributed by atoms with Crippen molar-refractivity contribution in [1.82, 2.24) is 23.7 Å². The van der Waals surface area contributed by atoms with Gasteiger partial charge in [-0.25, -0.2) is 4.98 Å². The van der Waals surface area contributed by atoms with E-state index in [-0.39, 0.29) is 40.4 Å². The maximum Gasteiger partial charge on any atom is 0.503 e. The standard InChI is InChI=1S/C56H57N5O/c1-35-26-36(2)52(37(3)27-35)38-28-40(59-34-60(48-19-14-13-18-47(48)59)53-45(55(7,8)9)16-15-17-46(53)56(10,11)12)31-42(29-38)62-41-20-21-43-44-23-24-57-33-50(44)61(49(43)32-41)51-30-39(22-25-58-51)54(4,5)6/h13-33H,1-12H3/q+2/i13D,14D,18D,19D. The van der Waals surface area contributed by atoms with Crippen molar-refractivity contribution >= 4 is 50.6 Å². The fourth-order valence-corrected chi connectivity index (χ4v) is 9.02. The first-order chi connectivity index (χ1) is 31.0. The molecule has 310 valence electrons. The number of rotatable bonds is 6. The molecule has 3 aromatic heterocycles. The molecular weight excluding hydrogens is 759 g/mol. The molecule has 62 heavy (non-hydrogen) atoms. The van der Waals surface area contributed by atoms with E-state index < -0.39 is 0 Å². The van der Waals surface area contributed by atoms with Crippen LogP contribution >= 0.6 is 0 Å². The first kappa shape index (κ1) is 36.1. The summed E-state index contributed by atoms with van der Waals surface area (Å²) in [6.07, 6.45) is 5.56. The fourth-order valence-electron chi connectivity index (χ4n) is 9.02. The average molecular weight is 820 g/mol. The van der Waals surface area contributed by atoms with Crippen LogP contribution in [0.15, 0.2) is 128 Å². The molecule has 4 heterocycles. The van der Waals surface area contributed by atoms with Gasteiger partial charge < -0.3 is 4.74 Å². The van der Waals surface area contributed by atoms with Crippen LogP contribution in [0.25, 0.3) is 38.8 Å². The van der Waals surface area contributed by atoms with Crippen molar-refractivity contribution in [3.63, 3.8) is 0 Å². The summed E-state index contributed by atoms with van der Waals surface area (Å²) >= 11 is 0. The van der Waals surface area contributed by atoms with Gasteiger partial charge in [0, 0.05) is 58.5 Å². The van der Waals surface area contributed by atoms with E-state index in [9.17, 15) is 2.74 Å². The summed E-state index contributed by atoms with van der Waals surface area (Å²) in [4.78, 5) is 9.38. The Hall–Kier alpha value is -6.62. The monoisotopic (exact) mass is 819 g/mol. The number of fused-ring (bicyclic) bond motifs is 4. The summed E-state index contributed by atoms with van der Waals surface area (Å²) in [6.45, 7) is 25.9. The molecule has 0 amide bonds. The normalized spacial score (nSPS) is 14.0. The molecule has 6 nitrogen and oxygen atoms in total. The van der Waals surface area contributed by atoms with E-state index in [1.165, 1.54) is 5.56 Å². The van der Waals surface area contributed by atoms with Crippen molar-refractivity contribution in [3.8, 4) is 28.4 Å². The van der Waals surface area contributed by atoms with Crippen LogP contribution in [0.2, 0.25) is 0 Å².